The van der Waals surface area contributed by atoms with E-state index < -0.39 is 12.1 Å². The number of carbonyl (C=O) groups excluding carboxylic acids is 1. The van der Waals surface area contributed by atoms with Gasteiger partial charge in [0, 0.05) is 5.92 Å². The average Bonchev–Trinajstić information content (AvgIpc) is 2.53. The van der Waals surface area contributed by atoms with Gasteiger partial charge in [0.15, 0.2) is 6.10 Å². The highest BCUT2D eigenvalue weighted by molar-refractivity contribution is 5.74. The summed E-state index contributed by atoms with van der Waals surface area (Å²) in [4.78, 5) is 10.8. The number of allylic oxidation sites excluding steroid dienone is 1. The second-order valence-electron chi connectivity index (χ2n) is 2.64. The van der Waals surface area contributed by atoms with Crippen LogP contribution in [0.4, 0.5) is 0 Å². The Bertz CT molecular complexity index is 174. The first-order valence-electron chi connectivity index (χ1n) is 3.68. The molecule has 0 spiro atoms. The van der Waals surface area contributed by atoms with Crippen LogP contribution in [0.25, 0.3) is 0 Å². The smallest absolute Gasteiger partial charge is 0.335 e. The number of hydrogen-bond acceptors (Lipinski definition) is 3. The monoisotopic (exact) mass is 156 g/mol. The summed E-state index contributed by atoms with van der Waals surface area (Å²) in [6.07, 6.45) is 4.65. The summed E-state index contributed by atoms with van der Waals surface area (Å²) in [5.41, 5.74) is 0. The summed E-state index contributed by atoms with van der Waals surface area (Å²) in [5, 5.41) is 9.29. The van der Waals surface area contributed by atoms with Crippen molar-refractivity contribution in [3.8, 4) is 0 Å². The van der Waals surface area contributed by atoms with Crippen molar-refractivity contribution in [2.24, 2.45) is 5.92 Å². The van der Waals surface area contributed by atoms with E-state index in [1.54, 1.807) is 0 Å². The molecule has 0 fully saturated rings. The predicted octanol–water partition coefficient (Wildman–Crippen LogP) is 0.486. The number of carbonyl (C=O) groups is 1. The highest BCUT2D eigenvalue weighted by Crippen LogP contribution is 2.20. The fourth-order valence-corrected chi connectivity index (χ4v) is 1.21. The van der Waals surface area contributed by atoms with E-state index in [1.165, 1.54) is 7.11 Å². The highest BCUT2D eigenvalue weighted by atomic mass is 16.5. The summed E-state index contributed by atoms with van der Waals surface area (Å²) in [5.74, 6) is -0.580. The number of hydrogen-bond donors (Lipinski definition) is 1. The number of methoxy groups -OCH3 is 1. The molecule has 0 bridgehead atoms. The molecule has 1 N–H and O–H groups in total. The van der Waals surface area contributed by atoms with Gasteiger partial charge in [0.25, 0.3) is 0 Å². The first kappa shape index (κ1) is 8.27. The molecule has 1 aliphatic rings. The molecular weight excluding hydrogens is 144 g/mol. The normalized spacial score (nSPS) is 25.1. The van der Waals surface area contributed by atoms with Crippen molar-refractivity contribution in [2.75, 3.05) is 7.11 Å². The van der Waals surface area contributed by atoms with Crippen molar-refractivity contribution in [3.05, 3.63) is 12.2 Å². The molecule has 0 radical (unpaired) electrons. The minimum Gasteiger partial charge on any atom is -0.467 e. The van der Waals surface area contributed by atoms with Crippen LogP contribution in [0.15, 0.2) is 12.2 Å². The largest absolute Gasteiger partial charge is 0.467 e. The van der Waals surface area contributed by atoms with E-state index in [0.29, 0.717) is 0 Å². The van der Waals surface area contributed by atoms with Crippen LogP contribution in [0.1, 0.15) is 12.8 Å². The summed E-state index contributed by atoms with van der Waals surface area (Å²) >= 11 is 0. The Morgan fingerprint density at radius 2 is 2.55 bits per heavy atom. The van der Waals surface area contributed by atoms with Gasteiger partial charge in [0.1, 0.15) is 0 Å². The first-order valence-corrected chi connectivity index (χ1v) is 3.68. The standard InChI is InChI=1S/C8H12O3/c1-11-8(10)7(9)6-4-2-3-5-6/h2,4,6-7,9H,3,5H2,1H3/t6?,7-/m0/s1. The minimum atomic E-state index is -0.973. The third kappa shape index (κ3) is 1.80. The van der Waals surface area contributed by atoms with Gasteiger partial charge in [-0.1, -0.05) is 12.2 Å². The predicted molar refractivity (Wildman–Crippen MR) is 39.9 cm³/mol. The van der Waals surface area contributed by atoms with E-state index in [9.17, 15) is 9.90 Å². The van der Waals surface area contributed by atoms with Gasteiger partial charge in [-0.2, -0.15) is 0 Å². The lowest BCUT2D eigenvalue weighted by Gasteiger charge is -2.12. The Kier molecular flexibility index (Phi) is 2.65. The van der Waals surface area contributed by atoms with E-state index in [0.717, 1.165) is 12.8 Å². The van der Waals surface area contributed by atoms with Crippen molar-refractivity contribution < 1.29 is 14.6 Å². The Morgan fingerprint density at radius 3 is 3.00 bits per heavy atom. The molecule has 0 amide bonds. The lowest BCUT2D eigenvalue weighted by Crippen LogP contribution is -2.28. The van der Waals surface area contributed by atoms with Gasteiger partial charge in [0.2, 0.25) is 0 Å². The van der Waals surface area contributed by atoms with Gasteiger partial charge in [-0.25, -0.2) is 4.79 Å². The van der Waals surface area contributed by atoms with Gasteiger partial charge in [-0.15, -0.1) is 0 Å². The number of aliphatic hydroxyl groups excluding tert-OH is 1. The second kappa shape index (κ2) is 3.53. The molecular formula is C8H12O3. The molecule has 11 heavy (non-hydrogen) atoms. The van der Waals surface area contributed by atoms with Gasteiger partial charge in [-0.05, 0) is 12.8 Å². The average molecular weight is 156 g/mol. The van der Waals surface area contributed by atoms with E-state index in [1.807, 2.05) is 12.2 Å². The quantitative estimate of drug-likeness (QED) is 0.467. The molecule has 1 rings (SSSR count). The third-order valence-electron chi connectivity index (χ3n) is 1.90. The third-order valence-corrected chi connectivity index (χ3v) is 1.90. The topological polar surface area (TPSA) is 46.5 Å². The zero-order valence-corrected chi connectivity index (χ0v) is 6.49. The number of rotatable bonds is 2. The number of esters is 1. The Morgan fingerprint density at radius 1 is 1.82 bits per heavy atom. The van der Waals surface area contributed by atoms with E-state index in [4.69, 9.17) is 0 Å². The van der Waals surface area contributed by atoms with Gasteiger partial charge in [-0.3, -0.25) is 0 Å². The van der Waals surface area contributed by atoms with Gasteiger partial charge in [0.05, 0.1) is 7.11 Å². The van der Waals surface area contributed by atoms with Gasteiger partial charge < -0.3 is 9.84 Å². The Hall–Kier alpha value is -0.830. The number of aliphatic hydroxyl groups is 1. The van der Waals surface area contributed by atoms with Crippen LogP contribution in [0, 0.1) is 5.92 Å². The Labute approximate surface area is 65.7 Å². The second-order valence-corrected chi connectivity index (χ2v) is 2.64. The molecule has 1 aliphatic carbocycles. The summed E-state index contributed by atoms with van der Waals surface area (Å²) in [7, 11) is 1.28. The Balaban J connectivity index is 2.46. The van der Waals surface area contributed by atoms with E-state index in [-0.39, 0.29) is 5.92 Å². The van der Waals surface area contributed by atoms with Crippen molar-refractivity contribution >= 4 is 5.97 Å². The molecule has 0 heterocycles. The van der Waals surface area contributed by atoms with Crippen molar-refractivity contribution in [1.29, 1.82) is 0 Å². The van der Waals surface area contributed by atoms with Crippen LogP contribution in [0.5, 0.6) is 0 Å². The minimum absolute atomic E-state index is 0.0394. The first-order chi connectivity index (χ1) is 5.25. The lowest BCUT2D eigenvalue weighted by atomic mass is 10.0. The molecule has 3 nitrogen and oxygen atoms in total. The molecule has 0 aromatic carbocycles. The molecule has 62 valence electrons. The van der Waals surface area contributed by atoms with Crippen LogP contribution < -0.4 is 0 Å². The maximum absolute atomic E-state index is 10.8. The fourth-order valence-electron chi connectivity index (χ4n) is 1.21. The van der Waals surface area contributed by atoms with Crippen molar-refractivity contribution in [3.63, 3.8) is 0 Å². The van der Waals surface area contributed by atoms with Gasteiger partial charge >= 0.3 is 5.97 Å². The van der Waals surface area contributed by atoms with Crippen molar-refractivity contribution in [2.45, 2.75) is 18.9 Å². The van der Waals surface area contributed by atoms with Crippen molar-refractivity contribution in [1.82, 2.24) is 0 Å². The zero-order valence-electron chi connectivity index (χ0n) is 6.49. The van der Waals surface area contributed by atoms with Crippen LogP contribution in [-0.4, -0.2) is 24.3 Å². The molecule has 0 aromatic rings. The molecule has 0 aromatic heterocycles. The molecule has 3 heteroatoms. The SMILES string of the molecule is COC(=O)[C@@H](O)C1C=CCC1. The van der Waals surface area contributed by atoms with Crippen LogP contribution in [-0.2, 0) is 9.53 Å². The van der Waals surface area contributed by atoms with Crippen LogP contribution in [0.3, 0.4) is 0 Å². The lowest BCUT2D eigenvalue weighted by molar-refractivity contribution is -0.152. The van der Waals surface area contributed by atoms with E-state index in [2.05, 4.69) is 4.74 Å². The van der Waals surface area contributed by atoms with E-state index >= 15 is 0 Å². The van der Waals surface area contributed by atoms with Crippen LogP contribution in [0.2, 0.25) is 0 Å². The highest BCUT2D eigenvalue weighted by Gasteiger charge is 2.25. The summed E-state index contributed by atoms with van der Waals surface area (Å²) in [6, 6.07) is 0. The summed E-state index contributed by atoms with van der Waals surface area (Å²) < 4.78 is 4.40. The zero-order chi connectivity index (χ0) is 8.27. The number of ether oxygens (including phenoxy) is 1. The molecule has 0 saturated heterocycles. The maximum Gasteiger partial charge on any atom is 0.335 e. The maximum atomic E-state index is 10.8. The molecule has 0 saturated carbocycles. The fraction of sp³-hybridized carbons (Fsp3) is 0.625. The molecule has 1 unspecified atom stereocenters. The van der Waals surface area contributed by atoms with Crippen LogP contribution >= 0.6 is 0 Å². The molecule has 2 atom stereocenters. The summed E-state index contributed by atoms with van der Waals surface area (Å²) in [6.45, 7) is 0. The molecule has 0 aliphatic heterocycles.